The van der Waals surface area contributed by atoms with Gasteiger partial charge in [0.2, 0.25) is 0 Å². The van der Waals surface area contributed by atoms with Crippen molar-refractivity contribution in [2.45, 2.75) is 20.8 Å². The van der Waals surface area contributed by atoms with E-state index in [-0.39, 0.29) is 40.1 Å². The monoisotopic (exact) mass is 263 g/mol. The molecule has 0 amide bonds. The third-order valence-electron chi connectivity index (χ3n) is 2.16. The van der Waals surface area contributed by atoms with Gasteiger partial charge in [-0.3, -0.25) is 0 Å². The van der Waals surface area contributed by atoms with Gasteiger partial charge < -0.3 is 17.4 Å². The fourth-order valence-electron chi connectivity index (χ4n) is 1.34. The van der Waals surface area contributed by atoms with Crippen molar-refractivity contribution in [1.29, 1.82) is 0 Å². The Kier molecular flexibility index (Phi) is 4.96. The van der Waals surface area contributed by atoms with E-state index in [2.05, 4.69) is 35.9 Å². The number of imidazole rings is 1. The number of hydrogen-bond donors (Lipinski definition) is 0. The van der Waals surface area contributed by atoms with Crippen LogP contribution in [0.5, 0.6) is 0 Å². The molecule has 73 valence electrons. The number of nitrogens with zero attached hydrogens (tertiary/aromatic N) is 2. The van der Waals surface area contributed by atoms with Crippen LogP contribution < -0.4 is 4.98 Å². The van der Waals surface area contributed by atoms with Crippen LogP contribution in [0, 0.1) is 28.2 Å². The zero-order chi connectivity index (χ0) is 8.72. The summed E-state index contributed by atoms with van der Waals surface area (Å²) in [5.41, 5.74) is 4.58. The average molecular weight is 263 g/mol. The van der Waals surface area contributed by atoms with Crippen LogP contribution in [0.4, 0.5) is 0 Å². The molecule has 0 aliphatic carbocycles. The summed E-state index contributed by atoms with van der Waals surface area (Å²) in [6.07, 6.45) is 0. The van der Waals surface area contributed by atoms with Gasteiger partial charge in [0.25, 0.3) is 0 Å². The summed E-state index contributed by atoms with van der Waals surface area (Å²) in [4.78, 5) is 8.61. The van der Waals surface area contributed by atoms with E-state index < -0.39 is 0 Å². The fraction of sp³-hybridized carbons (Fsp3) is 0.273. The molecule has 1 aromatic heterocycles. The number of rotatable bonds is 0. The van der Waals surface area contributed by atoms with Crippen LogP contribution in [0.2, 0.25) is 0 Å². The maximum Gasteiger partial charge on any atom is 0 e. The van der Waals surface area contributed by atoms with Crippen molar-refractivity contribution in [1.82, 2.24) is 9.97 Å². The molecule has 0 N–H and O–H groups in total. The molecule has 0 saturated heterocycles. The molecule has 0 saturated carbocycles. The van der Waals surface area contributed by atoms with Crippen molar-refractivity contribution in [2.24, 2.45) is 0 Å². The molecule has 0 atom stereocenters. The van der Waals surface area contributed by atoms with Crippen LogP contribution in [0.3, 0.4) is 0 Å². The predicted octanol–water partition coefficient (Wildman–Crippen LogP) is 2.57. The van der Waals surface area contributed by atoms with Gasteiger partial charge in [0.15, 0.2) is 0 Å². The Labute approximate surface area is 110 Å². The summed E-state index contributed by atoms with van der Waals surface area (Å²) in [5.74, 6) is 0.856. The largest absolute Gasteiger partial charge is 0.440 e. The molecule has 2 rings (SSSR count). The predicted molar refractivity (Wildman–Crippen MR) is 55.7 cm³/mol. The summed E-state index contributed by atoms with van der Waals surface area (Å²) in [5, 5.41) is 0. The zero-order valence-corrected chi connectivity index (χ0v) is 12.0. The molecule has 0 fully saturated rings. The normalized spacial score (nSPS) is 9.36. The molecule has 0 unspecified atom stereocenters. The second kappa shape index (κ2) is 5.04. The Morgan fingerprint density at radius 1 is 1.07 bits per heavy atom. The van der Waals surface area contributed by atoms with E-state index in [0.29, 0.717) is 0 Å². The van der Waals surface area contributed by atoms with E-state index in [0.717, 1.165) is 16.9 Å². The van der Waals surface area contributed by atoms with Gasteiger partial charge in [0.05, 0.1) is 0 Å². The second-order valence-corrected chi connectivity index (χ2v) is 3.20. The van der Waals surface area contributed by atoms with Crippen molar-refractivity contribution in [2.75, 3.05) is 0 Å². The van der Waals surface area contributed by atoms with Gasteiger partial charge in [0, 0.05) is 32.7 Å². The van der Waals surface area contributed by atoms with Crippen molar-refractivity contribution in [3.8, 4) is 0 Å². The third kappa shape index (κ3) is 2.43. The zero-order valence-electron chi connectivity index (χ0n) is 9.13. The van der Waals surface area contributed by atoms with Crippen molar-refractivity contribution < 1.29 is 32.7 Å². The van der Waals surface area contributed by atoms with Gasteiger partial charge in [-0.05, 0) is 42.9 Å². The Morgan fingerprint density at radius 2 is 1.64 bits per heavy atom. The Balaban J connectivity index is 0.000000845. The van der Waals surface area contributed by atoms with Crippen LogP contribution in [-0.2, 0) is 32.7 Å². The maximum atomic E-state index is 4.30. The van der Waals surface area contributed by atoms with Crippen LogP contribution in [-0.4, -0.2) is 4.98 Å². The number of aryl methyl sites for hydroxylation is 3. The van der Waals surface area contributed by atoms with E-state index in [1.165, 1.54) is 11.1 Å². The van der Waals surface area contributed by atoms with Crippen LogP contribution in [0.25, 0.3) is 11.0 Å². The quantitative estimate of drug-likeness (QED) is 0.683. The van der Waals surface area contributed by atoms with E-state index in [9.17, 15) is 0 Å². The van der Waals surface area contributed by atoms with E-state index in [1.54, 1.807) is 0 Å². The SMILES string of the molecule is Cc1nc2cc(C)c(C)cc2[n-]1.[CH3-].[Y]. The summed E-state index contributed by atoms with van der Waals surface area (Å²) < 4.78 is 0. The summed E-state index contributed by atoms with van der Waals surface area (Å²) in [6, 6.07) is 4.18. The maximum absolute atomic E-state index is 4.30. The number of benzene rings is 1. The molecule has 0 aliphatic rings. The molecule has 1 aromatic carbocycles. The van der Waals surface area contributed by atoms with Crippen LogP contribution >= 0.6 is 0 Å². The Hall–Kier alpha value is -0.206. The molecular weight excluding hydrogens is 249 g/mol. The minimum absolute atomic E-state index is 0. The molecular formula is C11H14N2Y-2. The molecule has 2 aromatic rings. The van der Waals surface area contributed by atoms with E-state index in [4.69, 9.17) is 0 Å². The average Bonchev–Trinajstić information content (AvgIpc) is 2.30. The number of aromatic nitrogens is 2. The molecule has 0 aliphatic heterocycles. The summed E-state index contributed by atoms with van der Waals surface area (Å²) in [7, 11) is 0. The molecule has 0 bridgehead atoms. The number of hydrogen-bond acceptors (Lipinski definition) is 1. The van der Waals surface area contributed by atoms with Crippen molar-refractivity contribution in [3.05, 3.63) is 36.5 Å². The van der Waals surface area contributed by atoms with Gasteiger partial charge in [-0.15, -0.1) is 0 Å². The molecule has 1 radical (unpaired) electrons. The summed E-state index contributed by atoms with van der Waals surface area (Å²) in [6.45, 7) is 6.11. The first-order valence-electron chi connectivity index (χ1n) is 4.05. The van der Waals surface area contributed by atoms with Gasteiger partial charge in [-0.2, -0.15) is 0 Å². The standard InChI is InChI=1S/C10H11N2.CH3.Y/c1-6-4-9-10(5-7(6)2)12-8(3)11-9;;/h4-5H,1-3H3;1H3;/q2*-1;. The molecule has 3 heteroatoms. The van der Waals surface area contributed by atoms with Gasteiger partial charge in [-0.25, -0.2) is 0 Å². The minimum atomic E-state index is 0. The minimum Gasteiger partial charge on any atom is -0.440 e. The van der Waals surface area contributed by atoms with E-state index >= 15 is 0 Å². The fourth-order valence-corrected chi connectivity index (χ4v) is 1.34. The Morgan fingerprint density at radius 3 is 2.29 bits per heavy atom. The van der Waals surface area contributed by atoms with Crippen molar-refractivity contribution in [3.63, 3.8) is 0 Å². The summed E-state index contributed by atoms with van der Waals surface area (Å²) >= 11 is 0. The van der Waals surface area contributed by atoms with Crippen LogP contribution in [0.15, 0.2) is 12.1 Å². The number of fused-ring (bicyclic) bond motifs is 1. The molecule has 14 heavy (non-hydrogen) atoms. The van der Waals surface area contributed by atoms with Gasteiger partial charge >= 0.3 is 0 Å². The van der Waals surface area contributed by atoms with Gasteiger partial charge in [-0.1, -0.05) is 18.0 Å². The third-order valence-corrected chi connectivity index (χ3v) is 2.16. The van der Waals surface area contributed by atoms with Gasteiger partial charge in [0.1, 0.15) is 0 Å². The molecule has 0 spiro atoms. The smallest absolute Gasteiger partial charge is 0 e. The first-order valence-corrected chi connectivity index (χ1v) is 4.05. The Bertz CT molecular complexity index is 393. The van der Waals surface area contributed by atoms with E-state index in [1.807, 2.05) is 6.92 Å². The second-order valence-electron chi connectivity index (χ2n) is 3.20. The van der Waals surface area contributed by atoms with Crippen LogP contribution in [0.1, 0.15) is 17.0 Å². The molecule has 2 nitrogen and oxygen atoms in total. The topological polar surface area (TPSA) is 27.0 Å². The first kappa shape index (κ1) is 13.8. The van der Waals surface area contributed by atoms with Crippen molar-refractivity contribution >= 4 is 11.0 Å². The molecule has 1 heterocycles. The first-order chi connectivity index (χ1) is 5.66.